The number of hydrogen-bond donors (Lipinski definition) is 2. The molecule has 100 valence electrons. The highest BCUT2D eigenvalue weighted by Crippen LogP contribution is 2.19. The second-order valence-electron chi connectivity index (χ2n) is 4.35. The maximum Gasteiger partial charge on any atom is 0.239 e. The zero-order valence-electron chi connectivity index (χ0n) is 10.9. The van der Waals surface area contributed by atoms with Crippen molar-refractivity contribution in [1.82, 2.24) is 5.32 Å². The van der Waals surface area contributed by atoms with E-state index < -0.39 is 6.04 Å². The summed E-state index contributed by atoms with van der Waals surface area (Å²) in [6.07, 6.45) is 0.890. The number of rotatable bonds is 6. The summed E-state index contributed by atoms with van der Waals surface area (Å²) < 4.78 is 0. The number of amides is 1. The number of aryl methyl sites for hydroxylation is 1. The third kappa shape index (κ3) is 3.43. The van der Waals surface area contributed by atoms with Crippen LogP contribution in [0.3, 0.4) is 0 Å². The fraction of sp³-hybridized carbons (Fsp3) is 0.267. The predicted molar refractivity (Wildman–Crippen MR) is 78.9 cm³/mol. The average molecular weight is 274 g/mol. The van der Waals surface area contributed by atoms with Gasteiger partial charge in [-0.3, -0.25) is 10.1 Å². The number of nitrogens with two attached hydrogens (primary N) is 1. The van der Waals surface area contributed by atoms with Crippen LogP contribution in [0.2, 0.25) is 0 Å². The highest BCUT2D eigenvalue weighted by atomic mass is 32.1. The van der Waals surface area contributed by atoms with Gasteiger partial charge >= 0.3 is 0 Å². The van der Waals surface area contributed by atoms with Crippen LogP contribution in [-0.2, 0) is 17.8 Å². The first-order valence-corrected chi connectivity index (χ1v) is 7.23. The second kappa shape index (κ2) is 6.50. The molecule has 3 N–H and O–H groups in total. The molecule has 0 aliphatic heterocycles. The van der Waals surface area contributed by atoms with E-state index in [1.807, 2.05) is 41.8 Å². The minimum Gasteiger partial charge on any atom is -0.368 e. The molecule has 0 spiro atoms. The monoisotopic (exact) mass is 274 g/mol. The lowest BCUT2D eigenvalue weighted by atomic mass is 9.98. The smallest absolute Gasteiger partial charge is 0.239 e. The van der Waals surface area contributed by atoms with Gasteiger partial charge < -0.3 is 5.73 Å². The van der Waals surface area contributed by atoms with Gasteiger partial charge in [0.25, 0.3) is 0 Å². The Balaban J connectivity index is 2.17. The van der Waals surface area contributed by atoms with Crippen molar-refractivity contribution in [2.45, 2.75) is 25.9 Å². The van der Waals surface area contributed by atoms with Gasteiger partial charge in [-0.05, 0) is 29.0 Å². The molecule has 1 aromatic carbocycles. The Morgan fingerprint density at radius 2 is 2.11 bits per heavy atom. The van der Waals surface area contributed by atoms with E-state index in [2.05, 4.69) is 12.2 Å². The topological polar surface area (TPSA) is 55.1 Å². The van der Waals surface area contributed by atoms with Crippen molar-refractivity contribution in [1.29, 1.82) is 0 Å². The van der Waals surface area contributed by atoms with Gasteiger partial charge in [0.1, 0.15) is 6.04 Å². The summed E-state index contributed by atoms with van der Waals surface area (Å²) in [6.45, 7) is 2.74. The zero-order valence-corrected chi connectivity index (χ0v) is 11.7. The summed E-state index contributed by atoms with van der Waals surface area (Å²) in [5, 5.41) is 5.27. The number of thiophene rings is 1. The van der Waals surface area contributed by atoms with Crippen LogP contribution in [0.15, 0.2) is 41.8 Å². The van der Waals surface area contributed by atoms with Crippen LogP contribution >= 0.6 is 11.3 Å². The summed E-state index contributed by atoms with van der Waals surface area (Å²) >= 11 is 1.67. The van der Waals surface area contributed by atoms with Gasteiger partial charge in [0, 0.05) is 11.4 Å². The first-order valence-electron chi connectivity index (χ1n) is 6.35. The van der Waals surface area contributed by atoms with Gasteiger partial charge in [0.15, 0.2) is 0 Å². The molecule has 1 aromatic heterocycles. The van der Waals surface area contributed by atoms with Crippen molar-refractivity contribution in [3.8, 4) is 0 Å². The highest BCUT2D eigenvalue weighted by Gasteiger charge is 2.19. The Kier molecular flexibility index (Phi) is 4.71. The number of primary amides is 1. The predicted octanol–water partition coefficient (Wildman–Crippen LogP) is 2.63. The molecular formula is C15H18N2OS. The van der Waals surface area contributed by atoms with Crippen LogP contribution in [0, 0.1) is 0 Å². The fourth-order valence-corrected chi connectivity index (χ4v) is 2.77. The summed E-state index contributed by atoms with van der Waals surface area (Å²) in [5.41, 5.74) is 7.67. The van der Waals surface area contributed by atoms with Gasteiger partial charge in [-0.15, -0.1) is 11.3 Å². The molecule has 3 nitrogen and oxygen atoms in total. The van der Waals surface area contributed by atoms with Gasteiger partial charge in [-0.1, -0.05) is 37.3 Å². The number of carbonyl (C=O) groups is 1. The molecule has 0 aliphatic carbocycles. The van der Waals surface area contributed by atoms with Gasteiger partial charge in [0.05, 0.1) is 0 Å². The van der Waals surface area contributed by atoms with Crippen molar-refractivity contribution in [2.24, 2.45) is 5.73 Å². The number of nitrogens with one attached hydrogen (secondary N) is 1. The van der Waals surface area contributed by atoms with Gasteiger partial charge in [-0.2, -0.15) is 0 Å². The third-order valence-electron chi connectivity index (χ3n) is 3.09. The van der Waals surface area contributed by atoms with Crippen molar-refractivity contribution in [2.75, 3.05) is 0 Å². The molecule has 0 bridgehead atoms. The van der Waals surface area contributed by atoms with E-state index in [0.29, 0.717) is 6.54 Å². The average Bonchev–Trinajstić information content (AvgIpc) is 2.92. The minimum absolute atomic E-state index is 0.336. The van der Waals surface area contributed by atoms with Crippen LogP contribution in [0.4, 0.5) is 0 Å². The van der Waals surface area contributed by atoms with E-state index in [-0.39, 0.29) is 5.91 Å². The highest BCUT2D eigenvalue weighted by molar-refractivity contribution is 7.09. The maximum atomic E-state index is 11.7. The molecule has 0 fully saturated rings. The standard InChI is InChI=1S/C15H18N2OS/c1-2-11-6-3-4-8-13(11)14(15(16)18)17-10-12-7-5-9-19-12/h3-9,14,17H,2,10H2,1H3,(H2,16,18). The molecule has 0 aliphatic rings. The molecule has 19 heavy (non-hydrogen) atoms. The second-order valence-corrected chi connectivity index (χ2v) is 5.38. The summed E-state index contributed by atoms with van der Waals surface area (Å²) in [4.78, 5) is 12.9. The molecule has 1 heterocycles. The van der Waals surface area contributed by atoms with Crippen molar-refractivity contribution in [3.05, 3.63) is 57.8 Å². The lowest BCUT2D eigenvalue weighted by Crippen LogP contribution is -2.33. The first kappa shape index (κ1) is 13.8. The summed E-state index contributed by atoms with van der Waals surface area (Å²) in [6, 6.07) is 11.5. The van der Waals surface area contributed by atoms with E-state index >= 15 is 0 Å². The molecule has 1 atom stereocenters. The van der Waals surface area contributed by atoms with Crippen LogP contribution in [0.1, 0.15) is 29.0 Å². The van der Waals surface area contributed by atoms with Crippen LogP contribution < -0.4 is 11.1 Å². The lowest BCUT2D eigenvalue weighted by molar-refractivity contribution is -0.120. The lowest BCUT2D eigenvalue weighted by Gasteiger charge is -2.18. The van der Waals surface area contributed by atoms with Crippen molar-refractivity contribution < 1.29 is 4.79 Å². The van der Waals surface area contributed by atoms with Crippen molar-refractivity contribution in [3.63, 3.8) is 0 Å². The van der Waals surface area contributed by atoms with Crippen LogP contribution in [-0.4, -0.2) is 5.91 Å². The van der Waals surface area contributed by atoms with Gasteiger partial charge in [-0.25, -0.2) is 0 Å². The number of benzene rings is 1. The summed E-state index contributed by atoms with van der Waals surface area (Å²) in [7, 11) is 0. The number of hydrogen-bond acceptors (Lipinski definition) is 3. The first-order chi connectivity index (χ1) is 9.22. The van der Waals surface area contributed by atoms with E-state index in [4.69, 9.17) is 5.73 Å². The SMILES string of the molecule is CCc1ccccc1C(NCc1cccs1)C(N)=O. The fourth-order valence-electron chi connectivity index (χ4n) is 2.12. The Labute approximate surface area is 117 Å². The number of carbonyl (C=O) groups excluding carboxylic acids is 1. The Bertz CT molecular complexity index is 537. The van der Waals surface area contributed by atoms with E-state index in [0.717, 1.165) is 17.5 Å². The van der Waals surface area contributed by atoms with E-state index in [1.54, 1.807) is 11.3 Å². The maximum absolute atomic E-state index is 11.7. The van der Waals surface area contributed by atoms with E-state index in [9.17, 15) is 4.79 Å². The molecule has 0 saturated heterocycles. The molecule has 2 rings (SSSR count). The third-order valence-corrected chi connectivity index (χ3v) is 3.97. The Morgan fingerprint density at radius 3 is 2.74 bits per heavy atom. The largest absolute Gasteiger partial charge is 0.368 e. The normalized spacial score (nSPS) is 12.3. The van der Waals surface area contributed by atoms with E-state index in [1.165, 1.54) is 4.88 Å². The zero-order chi connectivity index (χ0) is 13.7. The molecule has 1 amide bonds. The Hall–Kier alpha value is -1.65. The summed E-state index contributed by atoms with van der Waals surface area (Å²) in [5.74, 6) is -0.336. The molecular weight excluding hydrogens is 256 g/mol. The quantitative estimate of drug-likeness (QED) is 0.850. The van der Waals surface area contributed by atoms with Gasteiger partial charge in [0.2, 0.25) is 5.91 Å². The Morgan fingerprint density at radius 1 is 1.32 bits per heavy atom. The molecule has 4 heteroatoms. The molecule has 2 aromatic rings. The molecule has 1 unspecified atom stereocenters. The van der Waals surface area contributed by atoms with Crippen LogP contribution in [0.5, 0.6) is 0 Å². The molecule has 0 saturated carbocycles. The van der Waals surface area contributed by atoms with Crippen molar-refractivity contribution >= 4 is 17.2 Å². The van der Waals surface area contributed by atoms with Crippen LogP contribution in [0.25, 0.3) is 0 Å². The minimum atomic E-state index is -0.432. The molecule has 0 radical (unpaired) electrons.